The fraction of sp³-hybridized carbons (Fsp3) is 0.200. The van der Waals surface area contributed by atoms with E-state index in [-0.39, 0.29) is 6.54 Å². The molecule has 0 aliphatic heterocycles. The zero-order valence-electron chi connectivity index (χ0n) is 17.5. The minimum Gasteiger partial charge on any atom is -0.497 e. The minimum atomic E-state index is -0.669. The first kappa shape index (κ1) is 22.2. The number of methoxy groups -OCH3 is 3. The van der Waals surface area contributed by atoms with Crippen LogP contribution in [-0.4, -0.2) is 53.1 Å². The Morgan fingerprint density at radius 2 is 1.88 bits per heavy atom. The Kier molecular flexibility index (Phi) is 6.95. The second-order valence-electron chi connectivity index (χ2n) is 6.37. The number of hydrogen-bond donors (Lipinski definition) is 1. The molecule has 0 unspecified atom stereocenters. The number of nitrogens with zero attached hydrogens (tertiary/aromatic N) is 5. The van der Waals surface area contributed by atoms with Crippen molar-refractivity contribution in [3.63, 3.8) is 0 Å². The summed E-state index contributed by atoms with van der Waals surface area (Å²) in [5.74, 6) is 0.590. The highest BCUT2D eigenvalue weighted by Crippen LogP contribution is 2.23. The number of amides is 1. The van der Waals surface area contributed by atoms with Crippen molar-refractivity contribution in [3.05, 3.63) is 69.5 Å². The Bertz CT molecular complexity index is 1140. The molecule has 0 spiro atoms. The molecule has 1 heterocycles. The largest absolute Gasteiger partial charge is 0.497 e. The third-order valence-corrected chi connectivity index (χ3v) is 4.32. The zero-order chi connectivity index (χ0) is 23.1. The van der Waals surface area contributed by atoms with Crippen LogP contribution in [0.5, 0.6) is 17.2 Å². The van der Waals surface area contributed by atoms with E-state index < -0.39 is 16.8 Å². The molecule has 0 bridgehead atoms. The second kappa shape index (κ2) is 10.0. The van der Waals surface area contributed by atoms with Crippen LogP contribution in [0.3, 0.4) is 0 Å². The van der Waals surface area contributed by atoms with Crippen molar-refractivity contribution in [2.24, 2.45) is 5.10 Å². The predicted octanol–water partition coefficient (Wildman–Crippen LogP) is 2.02. The van der Waals surface area contributed by atoms with Gasteiger partial charge in [0.05, 0.1) is 34.1 Å². The number of ether oxygens (including phenoxy) is 3. The number of benzene rings is 2. The number of carbonyl (C=O) groups is 1. The van der Waals surface area contributed by atoms with Gasteiger partial charge in [-0.2, -0.15) is 9.78 Å². The van der Waals surface area contributed by atoms with Crippen molar-refractivity contribution in [2.45, 2.75) is 6.54 Å². The molecule has 1 amide bonds. The molecule has 32 heavy (non-hydrogen) atoms. The molecule has 166 valence electrons. The Labute approximate surface area is 182 Å². The van der Waals surface area contributed by atoms with Crippen LogP contribution in [0.4, 0.5) is 5.95 Å². The van der Waals surface area contributed by atoms with Gasteiger partial charge in [-0.05, 0) is 40.8 Å². The van der Waals surface area contributed by atoms with E-state index >= 15 is 0 Å². The lowest BCUT2D eigenvalue weighted by Crippen LogP contribution is -2.17. The SMILES string of the molecule is COc1cc(OC)cc(C(=O)N/N=C/c2ccc(OC)c(Cn3cnc([N+](=O)[O-])n3)c2)c1. The molecule has 3 aromatic rings. The molecule has 0 saturated heterocycles. The van der Waals surface area contributed by atoms with Gasteiger partial charge in [0.2, 0.25) is 6.33 Å². The summed E-state index contributed by atoms with van der Waals surface area (Å²) in [6, 6.07) is 10.0. The molecule has 0 fully saturated rings. The molecule has 0 atom stereocenters. The van der Waals surface area contributed by atoms with E-state index in [2.05, 4.69) is 20.6 Å². The maximum absolute atomic E-state index is 12.4. The lowest BCUT2D eigenvalue weighted by molar-refractivity contribution is -0.394. The Morgan fingerprint density at radius 1 is 1.16 bits per heavy atom. The van der Waals surface area contributed by atoms with Crippen molar-refractivity contribution >= 4 is 18.1 Å². The van der Waals surface area contributed by atoms with E-state index in [9.17, 15) is 14.9 Å². The average Bonchev–Trinajstić information content (AvgIpc) is 3.27. The molecule has 2 aromatic carbocycles. The van der Waals surface area contributed by atoms with Crippen LogP contribution < -0.4 is 19.6 Å². The molecule has 0 saturated carbocycles. The van der Waals surface area contributed by atoms with Gasteiger partial charge >= 0.3 is 5.95 Å². The summed E-state index contributed by atoms with van der Waals surface area (Å²) < 4.78 is 17.0. The topological polar surface area (TPSA) is 143 Å². The van der Waals surface area contributed by atoms with Crippen molar-refractivity contribution in [3.8, 4) is 17.2 Å². The summed E-state index contributed by atoms with van der Waals surface area (Å²) >= 11 is 0. The molecule has 0 aliphatic carbocycles. The van der Waals surface area contributed by atoms with Crippen molar-refractivity contribution in [2.75, 3.05) is 21.3 Å². The molecule has 0 aliphatic rings. The van der Waals surface area contributed by atoms with Crippen molar-refractivity contribution < 1.29 is 23.9 Å². The monoisotopic (exact) mass is 440 g/mol. The molecule has 12 nitrogen and oxygen atoms in total. The summed E-state index contributed by atoms with van der Waals surface area (Å²) in [5, 5.41) is 18.6. The van der Waals surface area contributed by atoms with E-state index in [1.807, 2.05) is 0 Å². The fourth-order valence-electron chi connectivity index (χ4n) is 2.79. The maximum atomic E-state index is 12.4. The average molecular weight is 440 g/mol. The highest BCUT2D eigenvalue weighted by Gasteiger charge is 2.15. The Hall–Kier alpha value is -4.48. The summed E-state index contributed by atoms with van der Waals surface area (Å²) in [6.07, 6.45) is 2.73. The van der Waals surface area contributed by atoms with Crippen molar-refractivity contribution in [1.82, 2.24) is 20.2 Å². The molecule has 3 rings (SSSR count). The van der Waals surface area contributed by atoms with Gasteiger partial charge in [0, 0.05) is 22.3 Å². The Balaban J connectivity index is 1.73. The van der Waals surface area contributed by atoms with Gasteiger partial charge in [-0.15, -0.1) is 0 Å². The third-order valence-electron chi connectivity index (χ3n) is 4.32. The van der Waals surface area contributed by atoms with Crippen LogP contribution in [-0.2, 0) is 6.54 Å². The molecule has 12 heteroatoms. The van der Waals surface area contributed by atoms with Gasteiger partial charge in [-0.3, -0.25) is 4.79 Å². The number of hydrogen-bond acceptors (Lipinski definition) is 9. The maximum Gasteiger partial charge on any atom is 0.490 e. The van der Waals surface area contributed by atoms with Crippen LogP contribution in [0.15, 0.2) is 47.8 Å². The fourth-order valence-corrected chi connectivity index (χ4v) is 2.79. The highest BCUT2D eigenvalue weighted by molar-refractivity contribution is 5.95. The van der Waals surface area contributed by atoms with Gasteiger partial charge < -0.3 is 24.3 Å². The summed E-state index contributed by atoms with van der Waals surface area (Å²) in [6.45, 7) is 0.196. The Morgan fingerprint density at radius 3 is 2.47 bits per heavy atom. The standard InChI is InChI=1S/C20H20N6O6/c1-30-16-7-14(8-17(9-16)31-2)19(27)23-22-10-13-4-5-18(32-3)15(6-13)11-25-12-21-20(24-25)26(28)29/h4-10,12H,11H2,1-3H3,(H,23,27)/b22-10+. The summed E-state index contributed by atoms with van der Waals surface area (Å²) in [7, 11) is 4.50. The first-order chi connectivity index (χ1) is 15.4. The molecule has 0 radical (unpaired) electrons. The molecular weight excluding hydrogens is 420 g/mol. The normalized spacial score (nSPS) is 10.7. The second-order valence-corrected chi connectivity index (χ2v) is 6.37. The summed E-state index contributed by atoms with van der Waals surface area (Å²) in [5.41, 5.74) is 4.13. The highest BCUT2D eigenvalue weighted by atomic mass is 16.6. The van der Waals surface area contributed by atoms with Gasteiger partial charge in [0.25, 0.3) is 5.91 Å². The smallest absolute Gasteiger partial charge is 0.490 e. The quantitative estimate of drug-likeness (QED) is 0.302. The number of hydrazone groups is 1. The van der Waals surface area contributed by atoms with Crippen LogP contribution >= 0.6 is 0 Å². The van der Waals surface area contributed by atoms with Gasteiger partial charge in [0.1, 0.15) is 17.2 Å². The first-order valence-electron chi connectivity index (χ1n) is 9.20. The number of nitrogens with one attached hydrogen (secondary N) is 1. The lowest BCUT2D eigenvalue weighted by Gasteiger charge is -2.08. The molecule has 1 N–H and O–H groups in total. The summed E-state index contributed by atoms with van der Waals surface area (Å²) in [4.78, 5) is 26.1. The number of aromatic nitrogens is 3. The van der Waals surface area contributed by atoms with E-state index in [1.54, 1.807) is 36.4 Å². The van der Waals surface area contributed by atoms with E-state index in [0.717, 1.165) is 0 Å². The van der Waals surface area contributed by atoms with Crippen molar-refractivity contribution in [1.29, 1.82) is 0 Å². The van der Waals surface area contributed by atoms with Crippen LogP contribution in [0.1, 0.15) is 21.5 Å². The van der Waals surface area contributed by atoms with Crippen LogP contribution in [0, 0.1) is 10.1 Å². The van der Waals surface area contributed by atoms with Crippen LogP contribution in [0.2, 0.25) is 0 Å². The number of carbonyl (C=O) groups excluding carboxylic acids is 1. The predicted molar refractivity (Wildman–Crippen MR) is 113 cm³/mol. The van der Waals surface area contributed by atoms with Gasteiger partial charge in [-0.1, -0.05) is 4.98 Å². The van der Waals surface area contributed by atoms with Crippen LogP contribution in [0.25, 0.3) is 0 Å². The third kappa shape index (κ3) is 5.36. The first-order valence-corrected chi connectivity index (χ1v) is 9.20. The lowest BCUT2D eigenvalue weighted by atomic mass is 10.1. The molecular formula is C20H20N6O6. The number of rotatable bonds is 9. The van der Waals surface area contributed by atoms with Gasteiger partial charge in [0.15, 0.2) is 0 Å². The zero-order valence-corrected chi connectivity index (χ0v) is 17.5. The number of nitro groups is 1. The minimum absolute atomic E-state index is 0.196. The molecule has 1 aromatic heterocycles. The van der Waals surface area contributed by atoms with E-state index in [0.29, 0.717) is 33.9 Å². The van der Waals surface area contributed by atoms with E-state index in [4.69, 9.17) is 14.2 Å². The van der Waals surface area contributed by atoms with Gasteiger partial charge in [-0.25, -0.2) is 5.43 Å². The van der Waals surface area contributed by atoms with E-state index in [1.165, 1.54) is 38.6 Å².